The van der Waals surface area contributed by atoms with E-state index < -0.39 is 0 Å². The third-order valence-corrected chi connectivity index (χ3v) is 6.58. The molecule has 4 aromatic rings. The highest BCUT2D eigenvalue weighted by molar-refractivity contribution is 7.99. The molecule has 33 heavy (non-hydrogen) atoms. The summed E-state index contributed by atoms with van der Waals surface area (Å²) < 4.78 is 13.7. The summed E-state index contributed by atoms with van der Waals surface area (Å²) in [5.41, 5.74) is 3.27. The minimum absolute atomic E-state index is 0.0766. The van der Waals surface area contributed by atoms with Gasteiger partial charge in [-0.25, -0.2) is 0 Å². The van der Waals surface area contributed by atoms with Crippen LogP contribution in [0.1, 0.15) is 29.2 Å². The number of rotatable bonds is 7. The van der Waals surface area contributed by atoms with Crippen LogP contribution in [0.3, 0.4) is 0 Å². The van der Waals surface area contributed by atoms with E-state index in [1.54, 1.807) is 11.8 Å². The number of anilines is 1. The summed E-state index contributed by atoms with van der Waals surface area (Å²) in [6.07, 6.45) is 0. The molecule has 1 fully saturated rings. The molecule has 1 unspecified atom stereocenters. The fraction of sp³-hybridized carbons (Fsp3) is 0.333. The molecule has 1 saturated heterocycles. The second-order valence-corrected chi connectivity index (χ2v) is 9.34. The van der Waals surface area contributed by atoms with E-state index in [0.29, 0.717) is 31.5 Å². The van der Waals surface area contributed by atoms with Crippen molar-refractivity contribution in [1.29, 1.82) is 0 Å². The Bertz CT molecular complexity index is 1200. The molecule has 3 heterocycles. The van der Waals surface area contributed by atoms with E-state index in [9.17, 15) is 0 Å². The Labute approximate surface area is 197 Å². The standard InChI is InChI=1S/C24H26N6O2S/c1-17-7-6-10-20(15-17)22-26-25-21(32-22)18(2)33-24-28-27-23(29-11-13-31-14-12-29)30(24)16-19-8-4-3-5-9-19/h3-10,15,18H,11-14,16H2,1-2H3. The third kappa shape index (κ3) is 4.94. The summed E-state index contributed by atoms with van der Waals surface area (Å²) >= 11 is 1.57. The predicted molar refractivity (Wildman–Crippen MR) is 127 cm³/mol. The van der Waals surface area contributed by atoms with Gasteiger partial charge in [-0.3, -0.25) is 4.57 Å². The third-order valence-electron chi connectivity index (χ3n) is 5.51. The van der Waals surface area contributed by atoms with Crippen molar-refractivity contribution >= 4 is 17.7 Å². The van der Waals surface area contributed by atoms with Crippen LogP contribution in [-0.2, 0) is 11.3 Å². The predicted octanol–water partition coefficient (Wildman–Crippen LogP) is 4.37. The summed E-state index contributed by atoms with van der Waals surface area (Å²) in [7, 11) is 0. The molecule has 5 rings (SSSR count). The minimum Gasteiger partial charge on any atom is -0.419 e. The second-order valence-electron chi connectivity index (χ2n) is 8.03. The maximum absolute atomic E-state index is 6.01. The van der Waals surface area contributed by atoms with Crippen LogP contribution >= 0.6 is 11.8 Å². The highest BCUT2D eigenvalue weighted by Crippen LogP contribution is 2.36. The molecular weight excluding hydrogens is 436 g/mol. The lowest BCUT2D eigenvalue weighted by molar-refractivity contribution is 0.121. The van der Waals surface area contributed by atoms with Gasteiger partial charge in [0.2, 0.25) is 17.7 Å². The van der Waals surface area contributed by atoms with Crippen molar-refractivity contribution in [1.82, 2.24) is 25.0 Å². The van der Waals surface area contributed by atoms with Crippen LogP contribution in [0, 0.1) is 6.92 Å². The number of aryl methyl sites for hydroxylation is 1. The molecule has 170 valence electrons. The Hall–Kier alpha value is -3.17. The number of hydrogen-bond donors (Lipinski definition) is 0. The maximum atomic E-state index is 6.01. The first-order chi connectivity index (χ1) is 16.2. The molecule has 8 nitrogen and oxygen atoms in total. The number of nitrogens with zero attached hydrogens (tertiary/aromatic N) is 6. The first kappa shape index (κ1) is 21.7. The van der Waals surface area contributed by atoms with E-state index in [-0.39, 0.29) is 5.25 Å². The summed E-state index contributed by atoms with van der Waals surface area (Å²) in [6.45, 7) is 7.78. The average Bonchev–Trinajstić information content (AvgIpc) is 3.49. The first-order valence-corrected chi connectivity index (χ1v) is 11.9. The molecule has 0 amide bonds. The molecule has 0 saturated carbocycles. The highest BCUT2D eigenvalue weighted by Gasteiger charge is 2.24. The Morgan fingerprint density at radius 3 is 2.58 bits per heavy atom. The van der Waals surface area contributed by atoms with Crippen LogP contribution in [0.2, 0.25) is 0 Å². The highest BCUT2D eigenvalue weighted by atomic mass is 32.2. The molecule has 0 spiro atoms. The first-order valence-electron chi connectivity index (χ1n) is 11.0. The van der Waals surface area contributed by atoms with Gasteiger partial charge in [0, 0.05) is 18.7 Å². The Morgan fingerprint density at radius 2 is 1.79 bits per heavy atom. The van der Waals surface area contributed by atoms with Gasteiger partial charge >= 0.3 is 0 Å². The van der Waals surface area contributed by atoms with Crippen molar-refractivity contribution in [2.24, 2.45) is 0 Å². The van der Waals surface area contributed by atoms with Crippen molar-refractivity contribution in [3.05, 3.63) is 71.6 Å². The lowest BCUT2D eigenvalue weighted by Gasteiger charge is -2.28. The molecule has 1 aliphatic heterocycles. The Kier molecular flexibility index (Phi) is 6.41. The van der Waals surface area contributed by atoms with E-state index in [4.69, 9.17) is 9.15 Å². The van der Waals surface area contributed by atoms with Crippen LogP contribution in [0.15, 0.2) is 64.2 Å². The summed E-state index contributed by atoms with van der Waals surface area (Å²) in [6, 6.07) is 18.4. The van der Waals surface area contributed by atoms with E-state index in [1.165, 1.54) is 5.56 Å². The largest absolute Gasteiger partial charge is 0.419 e. The van der Waals surface area contributed by atoms with Crippen LogP contribution in [0.25, 0.3) is 11.5 Å². The molecule has 9 heteroatoms. The van der Waals surface area contributed by atoms with E-state index in [0.717, 1.165) is 35.3 Å². The van der Waals surface area contributed by atoms with Crippen molar-refractivity contribution in [2.45, 2.75) is 30.8 Å². The van der Waals surface area contributed by atoms with Gasteiger partial charge in [0.25, 0.3) is 0 Å². The van der Waals surface area contributed by atoms with Gasteiger partial charge in [-0.1, -0.05) is 59.8 Å². The van der Waals surface area contributed by atoms with E-state index in [2.05, 4.69) is 54.1 Å². The van der Waals surface area contributed by atoms with Crippen LogP contribution < -0.4 is 4.90 Å². The monoisotopic (exact) mass is 462 g/mol. The Morgan fingerprint density at radius 1 is 0.970 bits per heavy atom. The van der Waals surface area contributed by atoms with Gasteiger partial charge in [-0.2, -0.15) is 0 Å². The normalized spacial score (nSPS) is 15.0. The van der Waals surface area contributed by atoms with Crippen molar-refractivity contribution < 1.29 is 9.15 Å². The molecule has 0 radical (unpaired) electrons. The lowest BCUT2D eigenvalue weighted by atomic mass is 10.1. The summed E-state index contributed by atoms with van der Waals surface area (Å²) in [5, 5.41) is 18.4. The molecule has 0 N–H and O–H groups in total. The zero-order chi connectivity index (χ0) is 22.6. The van der Waals surface area contributed by atoms with Crippen molar-refractivity contribution in [3.8, 4) is 11.5 Å². The van der Waals surface area contributed by atoms with Crippen LogP contribution in [-0.4, -0.2) is 51.3 Å². The fourth-order valence-electron chi connectivity index (χ4n) is 3.77. The van der Waals surface area contributed by atoms with Gasteiger partial charge in [0.15, 0.2) is 5.16 Å². The van der Waals surface area contributed by atoms with E-state index >= 15 is 0 Å². The van der Waals surface area contributed by atoms with Gasteiger partial charge in [-0.15, -0.1) is 20.4 Å². The SMILES string of the molecule is Cc1cccc(-c2nnc(C(C)Sc3nnc(N4CCOCC4)n3Cc3ccccc3)o2)c1. The number of thioether (sulfide) groups is 1. The van der Waals surface area contributed by atoms with Gasteiger partial charge in [0.1, 0.15) is 0 Å². The summed E-state index contributed by atoms with van der Waals surface area (Å²) in [5.74, 6) is 1.96. The number of ether oxygens (including phenoxy) is 1. The quantitative estimate of drug-likeness (QED) is 0.374. The molecule has 2 aromatic carbocycles. The van der Waals surface area contributed by atoms with E-state index in [1.807, 2.05) is 44.2 Å². The molecule has 1 atom stereocenters. The van der Waals surface area contributed by atoms with Gasteiger partial charge in [0.05, 0.1) is 25.0 Å². The van der Waals surface area contributed by atoms with Gasteiger partial charge in [-0.05, 0) is 31.5 Å². The molecule has 0 bridgehead atoms. The van der Waals surface area contributed by atoms with Crippen molar-refractivity contribution in [2.75, 3.05) is 31.2 Å². The number of benzene rings is 2. The maximum Gasteiger partial charge on any atom is 0.247 e. The Balaban J connectivity index is 1.40. The number of hydrogen-bond acceptors (Lipinski definition) is 8. The fourth-order valence-corrected chi connectivity index (χ4v) is 4.65. The topological polar surface area (TPSA) is 82.1 Å². The number of aromatic nitrogens is 5. The second kappa shape index (κ2) is 9.76. The van der Waals surface area contributed by atoms with Crippen molar-refractivity contribution in [3.63, 3.8) is 0 Å². The zero-order valence-corrected chi connectivity index (χ0v) is 19.5. The van der Waals surface area contributed by atoms with Gasteiger partial charge < -0.3 is 14.1 Å². The lowest BCUT2D eigenvalue weighted by Crippen LogP contribution is -2.38. The molecule has 0 aliphatic carbocycles. The number of morpholine rings is 1. The smallest absolute Gasteiger partial charge is 0.247 e. The minimum atomic E-state index is -0.0766. The van der Waals surface area contributed by atoms with Crippen LogP contribution in [0.5, 0.6) is 0 Å². The average molecular weight is 463 g/mol. The van der Waals surface area contributed by atoms with Crippen LogP contribution in [0.4, 0.5) is 5.95 Å². The summed E-state index contributed by atoms with van der Waals surface area (Å²) in [4.78, 5) is 2.23. The molecular formula is C24H26N6O2S. The molecule has 1 aliphatic rings. The zero-order valence-electron chi connectivity index (χ0n) is 18.7. The molecule has 2 aromatic heterocycles.